The average Bonchev–Trinajstić information content (AvgIpc) is 2.15. The topological polar surface area (TPSA) is 35.2 Å². The second-order valence-corrected chi connectivity index (χ2v) is 3.70. The number of hydrogen-bond acceptors (Lipinski definition) is 2. The second kappa shape index (κ2) is 5.44. The first-order valence-electron chi connectivity index (χ1n) is 4.45. The smallest absolute Gasteiger partial charge is 0.124 e. The SMILES string of the molecule is CCOC(CN)c1ccc(F)cc1Br. The molecule has 2 nitrogen and oxygen atoms in total. The van der Waals surface area contributed by atoms with Gasteiger partial charge in [-0.1, -0.05) is 22.0 Å². The standard InChI is InChI=1S/C10H13BrFNO/c1-2-14-10(6-13)8-4-3-7(12)5-9(8)11/h3-5,10H,2,6,13H2,1H3. The Hall–Kier alpha value is -0.450. The van der Waals surface area contributed by atoms with Gasteiger partial charge in [0.05, 0.1) is 6.10 Å². The van der Waals surface area contributed by atoms with E-state index in [2.05, 4.69) is 15.9 Å². The summed E-state index contributed by atoms with van der Waals surface area (Å²) in [5.41, 5.74) is 6.44. The maximum Gasteiger partial charge on any atom is 0.124 e. The Balaban J connectivity index is 2.92. The van der Waals surface area contributed by atoms with Crippen molar-refractivity contribution in [2.24, 2.45) is 5.73 Å². The van der Waals surface area contributed by atoms with Crippen LogP contribution >= 0.6 is 15.9 Å². The summed E-state index contributed by atoms with van der Waals surface area (Å²) in [5, 5.41) is 0. The van der Waals surface area contributed by atoms with Gasteiger partial charge < -0.3 is 10.5 Å². The molecule has 2 N–H and O–H groups in total. The van der Waals surface area contributed by atoms with E-state index >= 15 is 0 Å². The Kier molecular flexibility index (Phi) is 4.51. The van der Waals surface area contributed by atoms with Gasteiger partial charge in [-0.2, -0.15) is 0 Å². The molecule has 0 saturated carbocycles. The van der Waals surface area contributed by atoms with Crippen molar-refractivity contribution in [2.75, 3.05) is 13.2 Å². The molecule has 0 fully saturated rings. The molecule has 78 valence electrons. The number of benzene rings is 1. The van der Waals surface area contributed by atoms with Gasteiger partial charge >= 0.3 is 0 Å². The van der Waals surface area contributed by atoms with Crippen molar-refractivity contribution < 1.29 is 9.13 Å². The fraction of sp³-hybridized carbons (Fsp3) is 0.400. The Morgan fingerprint density at radius 3 is 2.79 bits per heavy atom. The lowest BCUT2D eigenvalue weighted by atomic mass is 10.1. The molecule has 0 heterocycles. The molecule has 0 radical (unpaired) electrons. The summed E-state index contributed by atoms with van der Waals surface area (Å²) in [6.07, 6.45) is -0.171. The predicted octanol–water partition coefficient (Wildman–Crippen LogP) is 2.62. The van der Waals surface area contributed by atoms with Crippen molar-refractivity contribution in [1.29, 1.82) is 0 Å². The average molecular weight is 262 g/mol. The molecule has 0 bridgehead atoms. The lowest BCUT2D eigenvalue weighted by Crippen LogP contribution is -2.16. The Morgan fingerprint density at radius 1 is 1.57 bits per heavy atom. The molecule has 14 heavy (non-hydrogen) atoms. The van der Waals surface area contributed by atoms with Gasteiger partial charge in [0.2, 0.25) is 0 Å². The molecule has 0 aliphatic heterocycles. The van der Waals surface area contributed by atoms with Gasteiger partial charge in [-0.25, -0.2) is 4.39 Å². The minimum Gasteiger partial charge on any atom is -0.372 e. The summed E-state index contributed by atoms with van der Waals surface area (Å²) in [4.78, 5) is 0. The number of halogens is 2. The van der Waals surface area contributed by atoms with E-state index in [9.17, 15) is 4.39 Å². The van der Waals surface area contributed by atoms with Crippen molar-refractivity contribution in [2.45, 2.75) is 13.0 Å². The van der Waals surface area contributed by atoms with Gasteiger partial charge in [0, 0.05) is 17.6 Å². The van der Waals surface area contributed by atoms with Gasteiger partial charge in [-0.15, -0.1) is 0 Å². The lowest BCUT2D eigenvalue weighted by Gasteiger charge is -2.16. The van der Waals surface area contributed by atoms with Gasteiger partial charge in [-0.05, 0) is 24.6 Å². The number of nitrogens with two attached hydrogens (primary N) is 1. The highest BCUT2D eigenvalue weighted by Gasteiger charge is 2.12. The molecule has 1 aromatic rings. The monoisotopic (exact) mass is 261 g/mol. The minimum absolute atomic E-state index is 0.171. The van der Waals surface area contributed by atoms with Crippen molar-refractivity contribution in [3.63, 3.8) is 0 Å². The van der Waals surface area contributed by atoms with Gasteiger partial charge in [0.25, 0.3) is 0 Å². The summed E-state index contributed by atoms with van der Waals surface area (Å²) < 4.78 is 18.9. The first kappa shape index (κ1) is 11.6. The zero-order chi connectivity index (χ0) is 10.6. The highest BCUT2D eigenvalue weighted by molar-refractivity contribution is 9.10. The van der Waals surface area contributed by atoms with Crippen LogP contribution in [0.3, 0.4) is 0 Å². The first-order valence-corrected chi connectivity index (χ1v) is 5.25. The van der Waals surface area contributed by atoms with Crippen LogP contribution in [0.15, 0.2) is 22.7 Å². The Bertz CT molecular complexity index is 306. The molecule has 4 heteroatoms. The summed E-state index contributed by atoms with van der Waals surface area (Å²) in [7, 11) is 0. The van der Waals surface area contributed by atoms with E-state index in [0.717, 1.165) is 5.56 Å². The molecule has 0 aromatic heterocycles. The molecule has 0 aliphatic carbocycles. The first-order chi connectivity index (χ1) is 6.69. The molecular formula is C10H13BrFNO. The molecule has 0 saturated heterocycles. The highest BCUT2D eigenvalue weighted by Crippen LogP contribution is 2.26. The Morgan fingerprint density at radius 2 is 2.29 bits per heavy atom. The molecule has 0 spiro atoms. The molecule has 0 amide bonds. The van der Waals surface area contributed by atoms with E-state index in [1.807, 2.05) is 6.92 Å². The fourth-order valence-corrected chi connectivity index (χ4v) is 1.85. The number of rotatable bonds is 4. The quantitative estimate of drug-likeness (QED) is 0.905. The van der Waals surface area contributed by atoms with Crippen molar-refractivity contribution in [3.8, 4) is 0 Å². The zero-order valence-electron chi connectivity index (χ0n) is 7.97. The van der Waals surface area contributed by atoms with E-state index in [1.54, 1.807) is 6.07 Å². The predicted molar refractivity (Wildman–Crippen MR) is 57.5 cm³/mol. The fourth-order valence-electron chi connectivity index (χ4n) is 1.25. The van der Waals surface area contributed by atoms with Crippen LogP contribution in [0.25, 0.3) is 0 Å². The Labute approximate surface area is 91.4 Å². The third kappa shape index (κ3) is 2.77. The summed E-state index contributed by atoms with van der Waals surface area (Å²) >= 11 is 3.28. The van der Waals surface area contributed by atoms with Crippen LogP contribution in [0.4, 0.5) is 4.39 Å². The van der Waals surface area contributed by atoms with E-state index < -0.39 is 0 Å². The van der Waals surface area contributed by atoms with Gasteiger partial charge in [0.1, 0.15) is 5.82 Å². The van der Waals surface area contributed by atoms with Crippen LogP contribution in [0.2, 0.25) is 0 Å². The van der Waals surface area contributed by atoms with E-state index in [0.29, 0.717) is 17.6 Å². The molecule has 1 atom stereocenters. The number of hydrogen-bond donors (Lipinski definition) is 1. The van der Waals surface area contributed by atoms with Crippen molar-refractivity contribution >= 4 is 15.9 Å². The third-order valence-electron chi connectivity index (χ3n) is 1.89. The molecule has 1 aromatic carbocycles. The zero-order valence-corrected chi connectivity index (χ0v) is 9.55. The van der Waals surface area contributed by atoms with Gasteiger partial charge in [0.15, 0.2) is 0 Å². The van der Waals surface area contributed by atoms with E-state index in [-0.39, 0.29) is 11.9 Å². The van der Waals surface area contributed by atoms with Crippen LogP contribution in [0, 0.1) is 5.82 Å². The molecule has 0 aliphatic rings. The highest BCUT2D eigenvalue weighted by atomic mass is 79.9. The van der Waals surface area contributed by atoms with Crippen molar-refractivity contribution in [3.05, 3.63) is 34.1 Å². The van der Waals surface area contributed by atoms with Gasteiger partial charge in [-0.3, -0.25) is 0 Å². The maximum absolute atomic E-state index is 12.8. The van der Waals surface area contributed by atoms with E-state index in [1.165, 1.54) is 12.1 Å². The van der Waals surface area contributed by atoms with E-state index in [4.69, 9.17) is 10.5 Å². The maximum atomic E-state index is 12.8. The summed E-state index contributed by atoms with van der Waals surface area (Å²) in [5.74, 6) is -0.270. The lowest BCUT2D eigenvalue weighted by molar-refractivity contribution is 0.0683. The largest absolute Gasteiger partial charge is 0.372 e. The van der Waals surface area contributed by atoms with Crippen LogP contribution in [0.5, 0.6) is 0 Å². The molecule has 1 unspecified atom stereocenters. The molecular weight excluding hydrogens is 249 g/mol. The van der Waals surface area contributed by atoms with Crippen molar-refractivity contribution in [1.82, 2.24) is 0 Å². The summed E-state index contributed by atoms with van der Waals surface area (Å²) in [6, 6.07) is 4.51. The second-order valence-electron chi connectivity index (χ2n) is 2.85. The third-order valence-corrected chi connectivity index (χ3v) is 2.58. The van der Waals surface area contributed by atoms with Crippen LogP contribution < -0.4 is 5.73 Å². The molecule has 1 rings (SSSR count). The summed E-state index contributed by atoms with van der Waals surface area (Å²) in [6.45, 7) is 2.88. The number of ether oxygens (including phenoxy) is 1. The minimum atomic E-state index is -0.270. The van der Waals surface area contributed by atoms with Crippen LogP contribution in [-0.2, 0) is 4.74 Å². The van der Waals surface area contributed by atoms with Crippen LogP contribution in [0.1, 0.15) is 18.6 Å². The normalized spacial score (nSPS) is 12.9. The van der Waals surface area contributed by atoms with Crippen LogP contribution in [-0.4, -0.2) is 13.2 Å².